The maximum atomic E-state index is 4.48. The Balaban J connectivity index is 1.91. The highest BCUT2D eigenvalue weighted by molar-refractivity contribution is 14.1. The quantitative estimate of drug-likeness (QED) is 0.790. The summed E-state index contributed by atoms with van der Waals surface area (Å²) in [6.07, 6.45) is 4.00. The third-order valence-electron chi connectivity index (χ3n) is 3.11. The van der Waals surface area contributed by atoms with E-state index in [0.717, 1.165) is 18.1 Å². The summed E-state index contributed by atoms with van der Waals surface area (Å²) in [5, 5.41) is 0. The van der Waals surface area contributed by atoms with Gasteiger partial charge in [0.1, 0.15) is 9.35 Å². The van der Waals surface area contributed by atoms with Crippen LogP contribution in [-0.4, -0.2) is 27.4 Å². The average molecular weight is 327 g/mol. The van der Waals surface area contributed by atoms with Gasteiger partial charge in [-0.15, -0.1) is 0 Å². The fourth-order valence-corrected chi connectivity index (χ4v) is 2.89. The van der Waals surface area contributed by atoms with E-state index in [2.05, 4.69) is 62.1 Å². The molecule has 0 N–H and O–H groups in total. The molecule has 0 unspecified atom stereocenters. The molecule has 16 heavy (non-hydrogen) atoms. The minimum absolute atomic E-state index is 0.861. The van der Waals surface area contributed by atoms with Crippen molar-refractivity contribution in [1.82, 2.24) is 14.3 Å². The van der Waals surface area contributed by atoms with Crippen LogP contribution in [0.15, 0.2) is 24.5 Å². The Morgan fingerprint density at radius 2 is 2.31 bits per heavy atom. The lowest BCUT2D eigenvalue weighted by atomic mass is 10.0. The number of nitrogens with zero attached hydrogens (tertiary/aromatic N) is 3. The molecule has 3 heterocycles. The molecular weight excluding hydrogens is 313 g/mol. The average Bonchev–Trinajstić information content (AvgIpc) is 2.60. The number of aromatic nitrogens is 2. The first-order valence-corrected chi connectivity index (χ1v) is 6.65. The Kier molecular flexibility index (Phi) is 2.63. The summed E-state index contributed by atoms with van der Waals surface area (Å²) in [6, 6.07) is 4.29. The number of halogens is 1. The van der Waals surface area contributed by atoms with E-state index in [1.807, 2.05) is 6.20 Å². The van der Waals surface area contributed by atoms with Crippen LogP contribution in [0.2, 0.25) is 0 Å². The normalized spacial score (nSPS) is 17.9. The standard InChI is InChI=1S/C12H14IN3/c1-9-6-15(7-9)8-10-3-2-4-16-11(13)5-14-12(10)16/h2-5,9H,6-8H2,1H3. The molecule has 2 aromatic rings. The summed E-state index contributed by atoms with van der Waals surface area (Å²) in [7, 11) is 0. The van der Waals surface area contributed by atoms with Crippen LogP contribution < -0.4 is 0 Å². The summed E-state index contributed by atoms with van der Waals surface area (Å²) >= 11 is 2.32. The second kappa shape index (κ2) is 4.00. The highest BCUT2D eigenvalue weighted by Crippen LogP contribution is 2.20. The van der Waals surface area contributed by atoms with Crippen molar-refractivity contribution in [1.29, 1.82) is 0 Å². The smallest absolute Gasteiger partial charge is 0.142 e. The van der Waals surface area contributed by atoms with Crippen LogP contribution in [0.25, 0.3) is 5.65 Å². The number of imidazole rings is 1. The predicted molar refractivity (Wildman–Crippen MR) is 72.4 cm³/mol. The first kappa shape index (κ1) is 10.5. The van der Waals surface area contributed by atoms with Crippen LogP contribution in [0.3, 0.4) is 0 Å². The van der Waals surface area contributed by atoms with Crippen LogP contribution in [-0.2, 0) is 6.54 Å². The highest BCUT2D eigenvalue weighted by atomic mass is 127. The molecule has 1 fully saturated rings. The van der Waals surface area contributed by atoms with Crippen LogP contribution in [0.4, 0.5) is 0 Å². The Morgan fingerprint density at radius 1 is 1.50 bits per heavy atom. The monoisotopic (exact) mass is 327 g/mol. The summed E-state index contributed by atoms with van der Waals surface area (Å²) < 4.78 is 3.32. The Labute approximate surface area is 109 Å². The molecule has 0 bridgehead atoms. The van der Waals surface area contributed by atoms with Gasteiger partial charge in [0, 0.05) is 31.4 Å². The minimum Gasteiger partial charge on any atom is -0.298 e. The lowest BCUT2D eigenvalue weighted by Gasteiger charge is -2.37. The van der Waals surface area contributed by atoms with Gasteiger partial charge in [0.05, 0.1) is 6.20 Å². The van der Waals surface area contributed by atoms with Gasteiger partial charge in [-0.1, -0.05) is 13.0 Å². The van der Waals surface area contributed by atoms with E-state index >= 15 is 0 Å². The van der Waals surface area contributed by atoms with E-state index in [0.29, 0.717) is 0 Å². The van der Waals surface area contributed by atoms with E-state index in [1.165, 1.54) is 22.4 Å². The van der Waals surface area contributed by atoms with Gasteiger partial charge < -0.3 is 0 Å². The number of hydrogen-bond acceptors (Lipinski definition) is 2. The molecule has 1 aliphatic heterocycles. The van der Waals surface area contributed by atoms with Gasteiger partial charge in [0.25, 0.3) is 0 Å². The van der Waals surface area contributed by atoms with Gasteiger partial charge >= 0.3 is 0 Å². The van der Waals surface area contributed by atoms with Gasteiger partial charge in [-0.2, -0.15) is 0 Å². The molecule has 1 saturated heterocycles. The van der Waals surface area contributed by atoms with Crippen molar-refractivity contribution in [3.8, 4) is 0 Å². The lowest BCUT2D eigenvalue weighted by molar-refractivity contribution is 0.105. The molecule has 0 spiro atoms. The Morgan fingerprint density at radius 3 is 3.06 bits per heavy atom. The molecular formula is C12H14IN3. The fourth-order valence-electron chi connectivity index (χ4n) is 2.36. The predicted octanol–water partition coefficient (Wildman–Crippen LogP) is 2.39. The Hall–Kier alpha value is -0.620. The van der Waals surface area contributed by atoms with Crippen molar-refractivity contribution in [3.63, 3.8) is 0 Å². The topological polar surface area (TPSA) is 20.5 Å². The highest BCUT2D eigenvalue weighted by Gasteiger charge is 2.22. The molecule has 0 amide bonds. The number of likely N-dealkylation sites (tertiary alicyclic amines) is 1. The zero-order valence-electron chi connectivity index (χ0n) is 9.23. The van der Waals surface area contributed by atoms with Gasteiger partial charge in [0.2, 0.25) is 0 Å². The second-order valence-corrected chi connectivity index (χ2v) is 5.71. The molecule has 0 aliphatic carbocycles. The maximum Gasteiger partial charge on any atom is 0.142 e. The summed E-state index contributed by atoms with van der Waals surface area (Å²) in [4.78, 5) is 6.95. The molecule has 3 nitrogen and oxygen atoms in total. The Bertz CT molecular complexity index is 514. The number of fused-ring (bicyclic) bond motifs is 1. The molecule has 0 radical (unpaired) electrons. The molecule has 84 valence electrons. The van der Waals surface area contributed by atoms with Gasteiger partial charge in [0.15, 0.2) is 0 Å². The van der Waals surface area contributed by atoms with E-state index in [-0.39, 0.29) is 0 Å². The summed E-state index contributed by atoms with van der Waals surface area (Å²) in [5.74, 6) is 0.861. The SMILES string of the molecule is CC1CN(Cc2cccn3c(I)cnc23)C1. The first-order chi connectivity index (χ1) is 7.74. The van der Waals surface area contributed by atoms with Crippen LogP contribution in [0.5, 0.6) is 0 Å². The molecule has 0 atom stereocenters. The largest absolute Gasteiger partial charge is 0.298 e. The van der Waals surface area contributed by atoms with Crippen LogP contribution in [0.1, 0.15) is 12.5 Å². The van der Waals surface area contributed by atoms with Crippen LogP contribution in [0, 0.1) is 9.62 Å². The van der Waals surface area contributed by atoms with Crippen molar-refractivity contribution in [2.45, 2.75) is 13.5 Å². The van der Waals surface area contributed by atoms with Crippen molar-refractivity contribution < 1.29 is 0 Å². The third-order valence-corrected chi connectivity index (χ3v) is 3.90. The van der Waals surface area contributed by atoms with Crippen molar-refractivity contribution in [2.75, 3.05) is 13.1 Å². The van der Waals surface area contributed by atoms with Gasteiger partial charge in [-0.3, -0.25) is 9.30 Å². The van der Waals surface area contributed by atoms with Gasteiger partial charge in [-0.05, 0) is 34.6 Å². The van der Waals surface area contributed by atoms with E-state index in [1.54, 1.807) is 0 Å². The molecule has 0 aromatic carbocycles. The van der Waals surface area contributed by atoms with Gasteiger partial charge in [-0.25, -0.2) is 4.98 Å². The van der Waals surface area contributed by atoms with Crippen molar-refractivity contribution >= 4 is 28.2 Å². The minimum atomic E-state index is 0.861. The maximum absolute atomic E-state index is 4.48. The molecule has 1 aliphatic rings. The lowest BCUT2D eigenvalue weighted by Crippen LogP contribution is -2.44. The zero-order chi connectivity index (χ0) is 11.1. The van der Waals surface area contributed by atoms with E-state index in [4.69, 9.17) is 0 Å². The first-order valence-electron chi connectivity index (χ1n) is 5.57. The van der Waals surface area contributed by atoms with E-state index in [9.17, 15) is 0 Å². The molecule has 0 saturated carbocycles. The number of pyridine rings is 1. The van der Waals surface area contributed by atoms with Crippen molar-refractivity contribution in [2.24, 2.45) is 5.92 Å². The zero-order valence-corrected chi connectivity index (χ0v) is 11.4. The van der Waals surface area contributed by atoms with Crippen LogP contribution >= 0.6 is 22.6 Å². The van der Waals surface area contributed by atoms with Crippen molar-refractivity contribution in [3.05, 3.63) is 33.8 Å². The fraction of sp³-hybridized carbons (Fsp3) is 0.417. The summed E-state index contributed by atoms with van der Waals surface area (Å²) in [6.45, 7) is 5.77. The summed E-state index contributed by atoms with van der Waals surface area (Å²) in [5.41, 5.74) is 2.43. The number of rotatable bonds is 2. The molecule has 4 heteroatoms. The number of hydrogen-bond donors (Lipinski definition) is 0. The van der Waals surface area contributed by atoms with E-state index < -0.39 is 0 Å². The molecule has 2 aromatic heterocycles. The third kappa shape index (κ3) is 1.73. The second-order valence-electron chi connectivity index (χ2n) is 4.61. The molecule has 3 rings (SSSR count).